The van der Waals surface area contributed by atoms with Gasteiger partial charge in [0.05, 0.1) is 0 Å². The highest BCUT2D eigenvalue weighted by Gasteiger charge is 2.38. The number of aromatic nitrogens is 3. The van der Waals surface area contributed by atoms with Crippen molar-refractivity contribution in [1.82, 2.24) is 15.2 Å². The van der Waals surface area contributed by atoms with Gasteiger partial charge >= 0.3 is 6.18 Å². The summed E-state index contributed by atoms with van der Waals surface area (Å²) in [4.78, 5) is 3.51. The van der Waals surface area contributed by atoms with Crippen LogP contribution in [0.1, 0.15) is 23.2 Å². The smallest absolute Gasteiger partial charge is 0.282 e. The molecule has 0 saturated carbocycles. The maximum Gasteiger partial charge on any atom is 0.420 e. The van der Waals surface area contributed by atoms with Gasteiger partial charge in [0.15, 0.2) is 0 Å². The highest BCUT2D eigenvalue weighted by Crippen LogP contribution is 2.38. The molecule has 0 aliphatic heterocycles. The average Bonchev–Trinajstić information content (AvgIpc) is 2.71. The van der Waals surface area contributed by atoms with Crippen LogP contribution in [0.2, 0.25) is 0 Å². The predicted octanol–water partition coefficient (Wildman–Crippen LogP) is 3.74. The Morgan fingerprint density at radius 3 is 2.47 bits per heavy atom. The summed E-state index contributed by atoms with van der Waals surface area (Å²) in [6.07, 6.45) is -5.45. The lowest BCUT2D eigenvalue weighted by molar-refractivity contribution is -0.137. The Kier molecular flexibility index (Phi) is 3.25. The average molecular weight is 277 g/mol. The molecule has 0 aliphatic carbocycles. The van der Waals surface area contributed by atoms with Crippen LogP contribution in [0.3, 0.4) is 0 Å². The van der Waals surface area contributed by atoms with E-state index in [1.165, 1.54) is 6.92 Å². The minimum Gasteiger partial charge on any atom is -0.282 e. The van der Waals surface area contributed by atoms with Crippen LogP contribution in [0, 0.1) is 6.92 Å². The van der Waals surface area contributed by atoms with Crippen LogP contribution in [0.4, 0.5) is 22.0 Å². The van der Waals surface area contributed by atoms with E-state index in [0.29, 0.717) is 0 Å². The first kappa shape index (κ1) is 13.4. The molecule has 0 saturated heterocycles. The second-order valence-corrected chi connectivity index (χ2v) is 3.88. The van der Waals surface area contributed by atoms with Gasteiger partial charge in [0, 0.05) is 29.2 Å². The number of pyridine rings is 1. The molecule has 2 aromatic rings. The van der Waals surface area contributed by atoms with Crippen molar-refractivity contribution < 1.29 is 22.0 Å². The molecule has 3 nitrogen and oxygen atoms in total. The first-order valence-electron chi connectivity index (χ1n) is 5.16. The normalized spacial score (nSPS) is 12.2. The number of hydrogen-bond donors (Lipinski definition) is 1. The minimum absolute atomic E-state index is 0.102. The van der Waals surface area contributed by atoms with Gasteiger partial charge in [0.2, 0.25) is 0 Å². The number of nitrogens with one attached hydrogen (secondary N) is 1. The van der Waals surface area contributed by atoms with Gasteiger partial charge < -0.3 is 0 Å². The minimum atomic E-state index is -4.62. The molecule has 0 amide bonds. The highest BCUT2D eigenvalue weighted by atomic mass is 19.4. The lowest BCUT2D eigenvalue weighted by Gasteiger charge is -2.08. The zero-order chi connectivity index (χ0) is 14.2. The number of nitrogens with zero attached hydrogens (tertiary/aromatic N) is 2. The zero-order valence-electron chi connectivity index (χ0n) is 9.59. The van der Waals surface area contributed by atoms with Crippen LogP contribution in [0.15, 0.2) is 18.5 Å². The molecule has 102 valence electrons. The fraction of sp³-hybridized carbons (Fsp3) is 0.273. The summed E-state index contributed by atoms with van der Waals surface area (Å²) in [7, 11) is 0. The molecule has 0 radical (unpaired) electrons. The van der Waals surface area contributed by atoms with Crippen LogP contribution >= 0.6 is 0 Å². The topological polar surface area (TPSA) is 41.6 Å². The summed E-state index contributed by atoms with van der Waals surface area (Å²) in [5.41, 5.74) is -2.13. The van der Waals surface area contributed by atoms with Gasteiger partial charge in [-0.15, -0.1) is 0 Å². The zero-order valence-corrected chi connectivity index (χ0v) is 9.59. The maximum atomic E-state index is 12.9. The Hall–Kier alpha value is -1.99. The molecule has 2 heterocycles. The van der Waals surface area contributed by atoms with Crippen LogP contribution in [-0.2, 0) is 6.18 Å². The van der Waals surface area contributed by atoms with E-state index in [-0.39, 0.29) is 11.3 Å². The van der Waals surface area contributed by atoms with E-state index in [1.54, 1.807) is 0 Å². The van der Waals surface area contributed by atoms with Crippen molar-refractivity contribution in [2.45, 2.75) is 19.5 Å². The number of halogens is 5. The van der Waals surface area contributed by atoms with Crippen molar-refractivity contribution in [3.05, 3.63) is 35.3 Å². The number of rotatable bonds is 2. The molecule has 8 heteroatoms. The van der Waals surface area contributed by atoms with Crippen molar-refractivity contribution in [3.8, 4) is 11.3 Å². The van der Waals surface area contributed by atoms with Crippen molar-refractivity contribution in [3.63, 3.8) is 0 Å². The Balaban J connectivity index is 2.57. The molecule has 0 unspecified atom stereocenters. The molecule has 0 spiro atoms. The Morgan fingerprint density at radius 2 is 1.89 bits per heavy atom. The fourth-order valence-electron chi connectivity index (χ4n) is 1.69. The molecular formula is C11H8F5N3. The summed E-state index contributed by atoms with van der Waals surface area (Å²) >= 11 is 0. The first-order chi connectivity index (χ1) is 8.80. The second-order valence-electron chi connectivity index (χ2n) is 3.88. The molecule has 0 fully saturated rings. The predicted molar refractivity (Wildman–Crippen MR) is 56.5 cm³/mol. The van der Waals surface area contributed by atoms with Gasteiger partial charge in [0.1, 0.15) is 11.3 Å². The van der Waals surface area contributed by atoms with E-state index >= 15 is 0 Å². The van der Waals surface area contributed by atoms with Crippen LogP contribution in [0.5, 0.6) is 0 Å². The molecule has 19 heavy (non-hydrogen) atoms. The summed E-state index contributed by atoms with van der Waals surface area (Å²) < 4.78 is 63.6. The molecular weight excluding hydrogens is 269 g/mol. The Bertz CT molecular complexity index is 588. The number of alkyl halides is 5. The van der Waals surface area contributed by atoms with Crippen molar-refractivity contribution >= 4 is 0 Å². The quantitative estimate of drug-likeness (QED) is 0.850. The maximum absolute atomic E-state index is 12.9. The molecule has 0 aromatic carbocycles. The second kappa shape index (κ2) is 4.60. The van der Waals surface area contributed by atoms with Crippen LogP contribution in [-0.4, -0.2) is 15.2 Å². The van der Waals surface area contributed by atoms with Crippen LogP contribution < -0.4 is 0 Å². The van der Waals surface area contributed by atoms with Gasteiger partial charge in [-0.1, -0.05) is 0 Å². The van der Waals surface area contributed by atoms with E-state index in [0.717, 1.165) is 18.5 Å². The Labute approximate surface area is 104 Å². The van der Waals surface area contributed by atoms with Gasteiger partial charge in [-0.2, -0.15) is 18.3 Å². The Morgan fingerprint density at radius 1 is 1.21 bits per heavy atom. The largest absolute Gasteiger partial charge is 0.420 e. The number of aryl methyl sites for hydroxylation is 1. The standard InChI is InChI=1S/C11H8F5N3/c1-5-8(11(14,15)16)9(19-18-5)6-2-7(10(12)13)4-17-3-6/h2-4,10H,1H3,(H,18,19). The molecule has 1 N–H and O–H groups in total. The van der Waals surface area contributed by atoms with Gasteiger partial charge in [-0.25, -0.2) is 8.78 Å². The SMILES string of the molecule is Cc1[nH]nc(-c2cncc(C(F)F)c2)c1C(F)(F)F. The van der Waals surface area contributed by atoms with Gasteiger partial charge in [-0.3, -0.25) is 10.1 Å². The van der Waals surface area contributed by atoms with E-state index in [9.17, 15) is 22.0 Å². The third kappa shape index (κ3) is 2.56. The third-order valence-electron chi connectivity index (χ3n) is 2.52. The van der Waals surface area contributed by atoms with E-state index in [2.05, 4.69) is 15.2 Å². The van der Waals surface area contributed by atoms with Gasteiger partial charge in [-0.05, 0) is 13.0 Å². The fourth-order valence-corrected chi connectivity index (χ4v) is 1.69. The molecule has 0 aliphatic rings. The number of aromatic amines is 1. The molecule has 0 bridgehead atoms. The van der Waals surface area contributed by atoms with Crippen molar-refractivity contribution in [2.24, 2.45) is 0 Å². The number of hydrogen-bond acceptors (Lipinski definition) is 2. The molecule has 2 rings (SSSR count). The molecule has 0 atom stereocenters. The van der Waals surface area contributed by atoms with E-state index in [4.69, 9.17) is 0 Å². The van der Waals surface area contributed by atoms with E-state index in [1.807, 2.05) is 0 Å². The summed E-state index contributed by atoms with van der Waals surface area (Å²) in [5.74, 6) is 0. The lowest BCUT2D eigenvalue weighted by atomic mass is 10.1. The third-order valence-corrected chi connectivity index (χ3v) is 2.52. The highest BCUT2D eigenvalue weighted by molar-refractivity contribution is 5.64. The van der Waals surface area contributed by atoms with Gasteiger partial charge in [0.25, 0.3) is 6.43 Å². The number of H-pyrrole nitrogens is 1. The van der Waals surface area contributed by atoms with Crippen molar-refractivity contribution in [2.75, 3.05) is 0 Å². The summed E-state index contributed by atoms with van der Waals surface area (Å²) in [6, 6.07) is 0.947. The van der Waals surface area contributed by atoms with E-state index < -0.39 is 29.4 Å². The monoisotopic (exact) mass is 277 g/mol. The molecule has 2 aromatic heterocycles. The summed E-state index contributed by atoms with van der Waals surface area (Å²) in [6.45, 7) is 1.21. The van der Waals surface area contributed by atoms with Crippen LogP contribution in [0.25, 0.3) is 11.3 Å². The lowest BCUT2D eigenvalue weighted by Crippen LogP contribution is -2.07. The first-order valence-corrected chi connectivity index (χ1v) is 5.16. The summed E-state index contributed by atoms with van der Waals surface area (Å²) in [5, 5.41) is 5.73. The van der Waals surface area contributed by atoms with Crippen molar-refractivity contribution in [1.29, 1.82) is 0 Å².